The molecule has 0 radical (unpaired) electrons. The molecule has 0 fully saturated rings. The summed E-state index contributed by atoms with van der Waals surface area (Å²) in [5.74, 6) is 0. The van der Waals surface area contributed by atoms with Crippen molar-refractivity contribution in [3.63, 3.8) is 0 Å². The van der Waals surface area contributed by atoms with Crippen molar-refractivity contribution in [1.29, 1.82) is 0 Å². The SMILES string of the molecule is Cc1ccc(N(c2ccc3c(c2)oc2cc(N(c4ccc(C)cc4)c4cccc5c4oc4c(C(C)(C)C)cccc45)c4ccccc4c23)c2cccc3c2oc2c(C(C)(C)C)cccc23)cc1. The molecule has 328 valence electrons. The molecule has 0 aliphatic carbocycles. The summed E-state index contributed by atoms with van der Waals surface area (Å²) in [4.78, 5) is 4.65. The van der Waals surface area contributed by atoms with E-state index in [0.29, 0.717) is 0 Å². The van der Waals surface area contributed by atoms with E-state index in [2.05, 4.69) is 235 Å². The standard InChI is InChI=1S/C62H52N2O3/c1-37-25-29-39(30-26-37)63(51-23-13-19-46-44-17-11-21-49(61(3,4)5)57(44)66-59(46)51)41-33-34-48-54(35-41)65-55-36-53(42-15-9-10-16-43(42)56(48)55)64(40-31-27-38(2)28-32-40)52-24-14-20-47-45-18-12-22-50(62(6,7)8)58(45)67-60(47)52/h9-36H,1-8H3. The van der Waals surface area contributed by atoms with Crippen LogP contribution in [0.15, 0.2) is 183 Å². The third kappa shape index (κ3) is 6.51. The van der Waals surface area contributed by atoms with Gasteiger partial charge in [-0.1, -0.05) is 162 Å². The normalized spacial score (nSPS) is 12.5. The number of furan rings is 3. The van der Waals surface area contributed by atoms with Gasteiger partial charge in [-0.05, 0) is 78.6 Å². The Morgan fingerprint density at radius 2 is 0.776 bits per heavy atom. The second kappa shape index (κ2) is 14.9. The Bertz CT molecular complexity index is 3910. The predicted octanol–water partition coefficient (Wildman–Crippen LogP) is 18.7. The first-order chi connectivity index (χ1) is 32.3. The monoisotopic (exact) mass is 872 g/mol. The van der Waals surface area contributed by atoms with Crippen molar-refractivity contribution in [2.75, 3.05) is 9.80 Å². The summed E-state index contributed by atoms with van der Waals surface area (Å²) in [6.45, 7) is 17.7. The van der Waals surface area contributed by atoms with Gasteiger partial charge in [-0.3, -0.25) is 0 Å². The van der Waals surface area contributed by atoms with Crippen LogP contribution in [0, 0.1) is 13.8 Å². The third-order valence-corrected chi connectivity index (χ3v) is 13.6. The van der Waals surface area contributed by atoms with E-state index in [9.17, 15) is 0 Å². The lowest BCUT2D eigenvalue weighted by Gasteiger charge is -2.27. The van der Waals surface area contributed by atoms with Crippen molar-refractivity contribution in [3.8, 4) is 0 Å². The number of aryl methyl sites for hydroxylation is 2. The Morgan fingerprint density at radius 1 is 0.328 bits per heavy atom. The van der Waals surface area contributed by atoms with Crippen molar-refractivity contribution in [1.82, 2.24) is 0 Å². The highest BCUT2D eigenvalue weighted by molar-refractivity contribution is 6.23. The Hall–Kier alpha value is -7.76. The molecule has 0 N–H and O–H groups in total. The Balaban J connectivity index is 1.08. The second-order valence-electron chi connectivity index (χ2n) is 20.3. The minimum absolute atomic E-state index is 0.0886. The zero-order chi connectivity index (χ0) is 45.9. The molecule has 5 heteroatoms. The van der Waals surface area contributed by atoms with Crippen LogP contribution in [0.25, 0.3) is 76.6 Å². The van der Waals surface area contributed by atoms with E-state index in [0.717, 1.165) is 111 Å². The molecule has 0 atom stereocenters. The van der Waals surface area contributed by atoms with Gasteiger partial charge in [-0.2, -0.15) is 0 Å². The third-order valence-electron chi connectivity index (χ3n) is 13.6. The fourth-order valence-corrected chi connectivity index (χ4v) is 10.3. The highest BCUT2D eigenvalue weighted by Gasteiger charge is 2.28. The zero-order valence-electron chi connectivity index (χ0n) is 39.3. The minimum atomic E-state index is -0.0966. The minimum Gasteiger partial charge on any atom is -0.456 e. The summed E-state index contributed by atoms with van der Waals surface area (Å²) < 4.78 is 21.1. The van der Waals surface area contributed by atoms with E-state index in [-0.39, 0.29) is 10.8 Å². The average Bonchev–Trinajstić information content (AvgIpc) is 4.01. The molecule has 0 aliphatic heterocycles. The molecule has 67 heavy (non-hydrogen) atoms. The van der Waals surface area contributed by atoms with Crippen LogP contribution in [0.2, 0.25) is 0 Å². The van der Waals surface area contributed by atoms with Gasteiger partial charge in [0.25, 0.3) is 0 Å². The maximum absolute atomic E-state index is 7.10. The second-order valence-corrected chi connectivity index (χ2v) is 20.3. The fourth-order valence-electron chi connectivity index (χ4n) is 10.3. The summed E-state index contributed by atoms with van der Waals surface area (Å²) >= 11 is 0. The summed E-state index contributed by atoms with van der Waals surface area (Å²) in [5, 5.41) is 8.77. The molecular formula is C62H52N2O3. The van der Waals surface area contributed by atoms with Gasteiger partial charge in [-0.25, -0.2) is 0 Å². The maximum atomic E-state index is 7.10. The molecule has 12 aromatic rings. The van der Waals surface area contributed by atoms with Crippen LogP contribution >= 0.6 is 0 Å². The predicted molar refractivity (Wildman–Crippen MR) is 282 cm³/mol. The van der Waals surface area contributed by atoms with Crippen LogP contribution in [-0.2, 0) is 10.8 Å². The van der Waals surface area contributed by atoms with Crippen molar-refractivity contribution in [2.24, 2.45) is 0 Å². The molecule has 0 unspecified atom stereocenters. The van der Waals surface area contributed by atoms with E-state index >= 15 is 0 Å². The van der Waals surface area contributed by atoms with Crippen LogP contribution in [0.4, 0.5) is 34.1 Å². The van der Waals surface area contributed by atoms with Crippen molar-refractivity contribution in [3.05, 3.63) is 192 Å². The first-order valence-corrected chi connectivity index (χ1v) is 23.3. The summed E-state index contributed by atoms with van der Waals surface area (Å²) in [6.07, 6.45) is 0. The van der Waals surface area contributed by atoms with Crippen molar-refractivity contribution < 1.29 is 13.3 Å². The summed E-state index contributed by atoms with van der Waals surface area (Å²) in [7, 11) is 0. The van der Waals surface area contributed by atoms with Crippen LogP contribution < -0.4 is 9.80 Å². The van der Waals surface area contributed by atoms with Gasteiger partial charge in [0.05, 0.1) is 22.7 Å². The average molecular weight is 873 g/mol. The number of benzene rings is 9. The van der Waals surface area contributed by atoms with E-state index in [1.165, 1.54) is 22.3 Å². The first kappa shape index (κ1) is 40.7. The molecule has 3 aromatic heterocycles. The number of hydrogen-bond acceptors (Lipinski definition) is 5. The fraction of sp³-hybridized carbons (Fsp3) is 0.161. The quantitative estimate of drug-likeness (QED) is 0.167. The summed E-state index contributed by atoms with van der Waals surface area (Å²) in [6, 6.07) is 61.0. The topological polar surface area (TPSA) is 45.9 Å². The van der Waals surface area contributed by atoms with E-state index in [1.807, 2.05) is 0 Å². The number of para-hydroxylation sites is 4. The lowest BCUT2D eigenvalue weighted by atomic mass is 9.86. The smallest absolute Gasteiger partial charge is 0.159 e. The van der Waals surface area contributed by atoms with Crippen LogP contribution in [0.5, 0.6) is 0 Å². The van der Waals surface area contributed by atoms with Crippen LogP contribution in [0.3, 0.4) is 0 Å². The van der Waals surface area contributed by atoms with Crippen molar-refractivity contribution >= 4 is 111 Å². The Labute approximate surface area is 390 Å². The van der Waals surface area contributed by atoms with E-state index in [1.54, 1.807) is 0 Å². The van der Waals surface area contributed by atoms with Gasteiger partial charge in [0.1, 0.15) is 22.3 Å². The lowest BCUT2D eigenvalue weighted by Crippen LogP contribution is -2.11. The molecule has 9 aromatic carbocycles. The molecule has 5 nitrogen and oxygen atoms in total. The van der Waals surface area contributed by atoms with Gasteiger partial charge in [0.2, 0.25) is 0 Å². The molecule has 0 spiro atoms. The Morgan fingerprint density at radius 3 is 1.31 bits per heavy atom. The molecule has 0 amide bonds. The van der Waals surface area contributed by atoms with Crippen LogP contribution in [-0.4, -0.2) is 0 Å². The number of fused-ring (bicyclic) bond motifs is 11. The number of rotatable bonds is 6. The van der Waals surface area contributed by atoms with E-state index in [4.69, 9.17) is 13.3 Å². The number of anilines is 6. The highest BCUT2D eigenvalue weighted by atomic mass is 16.3. The first-order valence-electron chi connectivity index (χ1n) is 23.3. The Kier molecular flexibility index (Phi) is 9.05. The maximum Gasteiger partial charge on any atom is 0.159 e. The number of nitrogens with zero attached hydrogens (tertiary/aromatic N) is 2. The molecule has 0 bridgehead atoms. The van der Waals surface area contributed by atoms with Crippen LogP contribution in [0.1, 0.15) is 63.8 Å². The zero-order valence-corrected chi connectivity index (χ0v) is 39.3. The highest BCUT2D eigenvalue weighted by Crippen LogP contribution is 2.50. The van der Waals surface area contributed by atoms with Gasteiger partial charge in [-0.15, -0.1) is 0 Å². The van der Waals surface area contributed by atoms with Gasteiger partial charge < -0.3 is 23.1 Å². The molecule has 12 rings (SSSR count). The molecule has 0 saturated carbocycles. The lowest BCUT2D eigenvalue weighted by molar-refractivity contribution is 0.572. The van der Waals surface area contributed by atoms with Gasteiger partial charge in [0, 0.05) is 72.3 Å². The van der Waals surface area contributed by atoms with E-state index < -0.39 is 0 Å². The van der Waals surface area contributed by atoms with Gasteiger partial charge in [0.15, 0.2) is 11.2 Å². The van der Waals surface area contributed by atoms with Crippen molar-refractivity contribution in [2.45, 2.75) is 66.2 Å². The molecule has 0 saturated heterocycles. The molecular weight excluding hydrogens is 821 g/mol. The summed E-state index contributed by atoms with van der Waals surface area (Å²) in [5.41, 5.74) is 15.7. The molecule has 3 heterocycles. The van der Waals surface area contributed by atoms with Gasteiger partial charge >= 0.3 is 0 Å². The number of hydrogen-bond donors (Lipinski definition) is 0. The molecule has 0 aliphatic rings. The largest absolute Gasteiger partial charge is 0.456 e.